The smallest absolute Gasteiger partial charge is 0.261 e. The molecule has 2 saturated carbocycles. The van der Waals surface area contributed by atoms with Crippen LogP contribution in [0.5, 0.6) is 0 Å². The number of benzene rings is 1. The zero-order chi connectivity index (χ0) is 21.0. The maximum atomic E-state index is 5.67. The summed E-state index contributed by atoms with van der Waals surface area (Å²) < 4.78 is 7.67. The fourth-order valence-electron chi connectivity index (χ4n) is 4.24. The van der Waals surface area contributed by atoms with Gasteiger partial charge in [-0.25, -0.2) is 9.97 Å². The standard InChI is InChI=1S/C23H23N7O/c1-23(18-6-7-18,17-4-2-14(3-5-17)15-10-25-22(24)26-11-15)21-28-20(31-29-21)16-12-27-30(13-16)19-8-9-19/h2-5,10-13,18-19H,6-9H2,1H3,(H2,24,25,26)/t23-/m1/s1. The Balaban J connectivity index is 1.32. The van der Waals surface area contributed by atoms with Crippen molar-refractivity contribution >= 4 is 5.95 Å². The van der Waals surface area contributed by atoms with E-state index in [0.29, 0.717) is 17.9 Å². The van der Waals surface area contributed by atoms with Gasteiger partial charge in [0.2, 0.25) is 5.95 Å². The molecule has 6 rings (SSSR count). The molecule has 0 bridgehead atoms. The average molecular weight is 413 g/mol. The molecule has 1 atom stereocenters. The van der Waals surface area contributed by atoms with Crippen LogP contribution in [0.4, 0.5) is 5.95 Å². The maximum absolute atomic E-state index is 5.67. The van der Waals surface area contributed by atoms with Crippen LogP contribution in [0.15, 0.2) is 53.6 Å². The Morgan fingerprint density at radius 1 is 0.968 bits per heavy atom. The largest absolute Gasteiger partial charge is 0.368 e. The summed E-state index contributed by atoms with van der Waals surface area (Å²) in [5.41, 5.74) is 9.33. The zero-order valence-electron chi connectivity index (χ0n) is 17.3. The van der Waals surface area contributed by atoms with Gasteiger partial charge in [0, 0.05) is 24.2 Å². The Morgan fingerprint density at radius 3 is 2.39 bits per heavy atom. The van der Waals surface area contributed by atoms with Gasteiger partial charge in [-0.05, 0) is 49.7 Å². The molecule has 0 aliphatic heterocycles. The first-order valence-corrected chi connectivity index (χ1v) is 10.7. The second-order valence-electron chi connectivity index (χ2n) is 8.75. The minimum atomic E-state index is -0.301. The molecule has 0 radical (unpaired) electrons. The molecule has 1 aromatic carbocycles. The molecule has 0 unspecified atom stereocenters. The molecule has 31 heavy (non-hydrogen) atoms. The van der Waals surface area contributed by atoms with E-state index in [9.17, 15) is 0 Å². The normalized spacial score (nSPS) is 18.1. The molecule has 2 fully saturated rings. The molecule has 156 valence electrons. The van der Waals surface area contributed by atoms with E-state index >= 15 is 0 Å². The molecule has 0 amide bonds. The van der Waals surface area contributed by atoms with Gasteiger partial charge in [0.25, 0.3) is 5.89 Å². The summed E-state index contributed by atoms with van der Waals surface area (Å²) >= 11 is 0. The first kappa shape index (κ1) is 18.2. The minimum Gasteiger partial charge on any atom is -0.368 e. The van der Waals surface area contributed by atoms with Gasteiger partial charge in [-0.1, -0.05) is 29.4 Å². The van der Waals surface area contributed by atoms with E-state index in [-0.39, 0.29) is 11.4 Å². The van der Waals surface area contributed by atoms with Crippen LogP contribution >= 0.6 is 0 Å². The fraction of sp³-hybridized carbons (Fsp3) is 0.348. The Kier molecular flexibility index (Phi) is 3.96. The Labute approximate surface area is 179 Å². The quantitative estimate of drug-likeness (QED) is 0.508. The molecule has 4 aromatic rings. The molecule has 3 heterocycles. The topological polar surface area (TPSA) is 109 Å². The van der Waals surface area contributed by atoms with Crippen molar-refractivity contribution in [3.63, 3.8) is 0 Å². The lowest BCUT2D eigenvalue weighted by molar-refractivity contribution is 0.386. The van der Waals surface area contributed by atoms with Crippen LogP contribution in [-0.4, -0.2) is 29.9 Å². The number of nitrogens with zero attached hydrogens (tertiary/aromatic N) is 6. The first-order chi connectivity index (χ1) is 15.1. The first-order valence-electron chi connectivity index (χ1n) is 10.7. The molecule has 3 aromatic heterocycles. The number of hydrogen-bond donors (Lipinski definition) is 1. The van der Waals surface area contributed by atoms with Crippen LogP contribution in [0.2, 0.25) is 0 Å². The van der Waals surface area contributed by atoms with Crippen molar-refractivity contribution in [1.82, 2.24) is 29.9 Å². The number of nitrogens with two attached hydrogens (primary N) is 1. The molecule has 2 aliphatic carbocycles. The van der Waals surface area contributed by atoms with Crippen molar-refractivity contribution < 1.29 is 4.52 Å². The molecule has 2 N–H and O–H groups in total. The lowest BCUT2D eigenvalue weighted by Crippen LogP contribution is -2.28. The highest BCUT2D eigenvalue weighted by molar-refractivity contribution is 5.63. The van der Waals surface area contributed by atoms with Gasteiger partial charge in [0.05, 0.1) is 23.2 Å². The average Bonchev–Trinajstić information content (AvgIpc) is 3.73. The molecule has 8 heteroatoms. The van der Waals surface area contributed by atoms with Crippen LogP contribution in [-0.2, 0) is 5.41 Å². The predicted molar refractivity (Wildman–Crippen MR) is 115 cm³/mol. The highest BCUT2D eigenvalue weighted by atomic mass is 16.5. The summed E-state index contributed by atoms with van der Waals surface area (Å²) in [6.45, 7) is 2.22. The van der Waals surface area contributed by atoms with Crippen molar-refractivity contribution in [3.05, 3.63) is 60.4 Å². The second-order valence-corrected chi connectivity index (χ2v) is 8.75. The Hall–Kier alpha value is -3.55. The van der Waals surface area contributed by atoms with E-state index in [0.717, 1.165) is 35.4 Å². The minimum absolute atomic E-state index is 0.275. The van der Waals surface area contributed by atoms with Crippen LogP contribution in [0.1, 0.15) is 50.0 Å². The predicted octanol–water partition coefficient (Wildman–Crippen LogP) is 4.02. The van der Waals surface area contributed by atoms with Crippen molar-refractivity contribution in [1.29, 1.82) is 0 Å². The van der Waals surface area contributed by atoms with E-state index in [1.165, 1.54) is 18.4 Å². The van der Waals surface area contributed by atoms with E-state index in [1.807, 2.05) is 17.1 Å². The molecule has 2 aliphatic rings. The van der Waals surface area contributed by atoms with E-state index in [1.54, 1.807) is 12.4 Å². The van der Waals surface area contributed by atoms with Gasteiger partial charge < -0.3 is 10.3 Å². The highest BCUT2D eigenvalue weighted by Gasteiger charge is 2.47. The van der Waals surface area contributed by atoms with Crippen molar-refractivity contribution in [3.8, 4) is 22.6 Å². The van der Waals surface area contributed by atoms with E-state index in [4.69, 9.17) is 15.2 Å². The summed E-state index contributed by atoms with van der Waals surface area (Å²) in [4.78, 5) is 13.0. The van der Waals surface area contributed by atoms with Gasteiger partial charge >= 0.3 is 0 Å². The van der Waals surface area contributed by atoms with Crippen molar-refractivity contribution in [2.45, 2.75) is 44.1 Å². The Morgan fingerprint density at radius 2 is 1.71 bits per heavy atom. The SMILES string of the molecule is C[C@](c1ccc(-c2cnc(N)nc2)cc1)(c1noc(-c2cnn(C3CC3)c2)n1)C1CC1. The third-order valence-electron chi connectivity index (χ3n) is 6.54. The van der Waals surface area contributed by atoms with Gasteiger partial charge in [-0.15, -0.1) is 0 Å². The van der Waals surface area contributed by atoms with E-state index < -0.39 is 0 Å². The number of anilines is 1. The van der Waals surface area contributed by atoms with Crippen LogP contribution in [0, 0.1) is 5.92 Å². The Bertz CT molecular complexity index is 1220. The third-order valence-corrected chi connectivity index (χ3v) is 6.54. The van der Waals surface area contributed by atoms with Crippen LogP contribution in [0.25, 0.3) is 22.6 Å². The molecular formula is C23H23N7O. The molecule has 0 saturated heterocycles. The molecular weight excluding hydrogens is 390 g/mol. The number of nitrogen functional groups attached to an aromatic ring is 1. The molecule has 8 nitrogen and oxygen atoms in total. The van der Waals surface area contributed by atoms with Gasteiger partial charge in [-0.2, -0.15) is 10.1 Å². The monoisotopic (exact) mass is 413 g/mol. The summed E-state index contributed by atoms with van der Waals surface area (Å²) in [7, 11) is 0. The summed E-state index contributed by atoms with van der Waals surface area (Å²) in [6.07, 6.45) is 12.0. The van der Waals surface area contributed by atoms with Gasteiger partial charge in [0.1, 0.15) is 0 Å². The van der Waals surface area contributed by atoms with Crippen molar-refractivity contribution in [2.24, 2.45) is 5.92 Å². The van der Waals surface area contributed by atoms with Crippen molar-refractivity contribution in [2.75, 3.05) is 5.73 Å². The third kappa shape index (κ3) is 3.19. The lowest BCUT2D eigenvalue weighted by atomic mass is 9.77. The summed E-state index contributed by atoms with van der Waals surface area (Å²) in [5.74, 6) is 2.03. The maximum Gasteiger partial charge on any atom is 0.261 e. The number of rotatable bonds is 6. The lowest BCUT2D eigenvalue weighted by Gasteiger charge is -2.27. The van der Waals surface area contributed by atoms with E-state index in [2.05, 4.69) is 51.4 Å². The summed E-state index contributed by atoms with van der Waals surface area (Å²) in [6, 6.07) is 8.99. The van der Waals surface area contributed by atoms with Gasteiger partial charge in [0.15, 0.2) is 5.82 Å². The molecule has 0 spiro atoms. The zero-order valence-corrected chi connectivity index (χ0v) is 17.3. The van der Waals surface area contributed by atoms with Crippen LogP contribution < -0.4 is 5.73 Å². The fourth-order valence-corrected chi connectivity index (χ4v) is 4.24. The second kappa shape index (κ2) is 6.73. The van der Waals surface area contributed by atoms with Crippen LogP contribution in [0.3, 0.4) is 0 Å². The highest BCUT2D eigenvalue weighted by Crippen LogP contribution is 2.50. The number of hydrogen-bond acceptors (Lipinski definition) is 7. The summed E-state index contributed by atoms with van der Waals surface area (Å²) in [5, 5.41) is 8.85. The number of aromatic nitrogens is 6. The van der Waals surface area contributed by atoms with Gasteiger partial charge in [-0.3, -0.25) is 4.68 Å².